The first-order chi connectivity index (χ1) is 15.9. The number of anilines is 2. The molecule has 33 heavy (non-hydrogen) atoms. The smallest absolute Gasteiger partial charge is 0.230 e. The number of ether oxygens (including phenoxy) is 2. The average Bonchev–Trinajstić information content (AvgIpc) is 3.35. The number of benzene rings is 2. The van der Waals surface area contributed by atoms with Gasteiger partial charge in [-0.2, -0.15) is 5.10 Å². The van der Waals surface area contributed by atoms with Crippen LogP contribution >= 0.6 is 0 Å². The topological polar surface area (TPSA) is 85.7 Å². The molecule has 1 saturated heterocycles. The predicted molar refractivity (Wildman–Crippen MR) is 124 cm³/mol. The van der Waals surface area contributed by atoms with Gasteiger partial charge in [0.1, 0.15) is 19.0 Å². The third-order valence-electron chi connectivity index (χ3n) is 5.87. The van der Waals surface area contributed by atoms with Crippen LogP contribution in [0.1, 0.15) is 23.2 Å². The van der Waals surface area contributed by atoms with Gasteiger partial charge in [-0.15, -0.1) is 0 Å². The molecule has 2 aliphatic heterocycles. The number of aromatic nitrogens is 2. The second kappa shape index (κ2) is 8.27. The van der Waals surface area contributed by atoms with Crippen LogP contribution in [0, 0.1) is 26.7 Å². The number of carbonyl (C=O) groups is 2. The summed E-state index contributed by atoms with van der Waals surface area (Å²) in [5, 5.41) is 7.55. The first kappa shape index (κ1) is 21.1. The van der Waals surface area contributed by atoms with Crippen molar-refractivity contribution in [3.05, 3.63) is 59.3 Å². The number of amides is 2. The summed E-state index contributed by atoms with van der Waals surface area (Å²) in [4.78, 5) is 27.5. The van der Waals surface area contributed by atoms with E-state index in [1.807, 2.05) is 45.0 Å². The summed E-state index contributed by atoms with van der Waals surface area (Å²) in [6.07, 6.45) is 0.150. The Labute approximate surface area is 192 Å². The number of nitrogens with zero attached hydrogens (tertiary/aromatic N) is 3. The highest BCUT2D eigenvalue weighted by molar-refractivity contribution is 6.03. The van der Waals surface area contributed by atoms with E-state index in [0.717, 1.165) is 22.5 Å². The van der Waals surface area contributed by atoms with Crippen LogP contribution in [0.5, 0.6) is 11.5 Å². The second-order valence-corrected chi connectivity index (χ2v) is 8.65. The summed E-state index contributed by atoms with van der Waals surface area (Å²) in [6, 6.07) is 13.4. The Morgan fingerprint density at radius 2 is 1.70 bits per heavy atom. The van der Waals surface area contributed by atoms with Gasteiger partial charge in [-0.25, -0.2) is 4.68 Å². The lowest BCUT2D eigenvalue weighted by molar-refractivity contribution is -0.122. The van der Waals surface area contributed by atoms with E-state index >= 15 is 0 Å². The van der Waals surface area contributed by atoms with Crippen LogP contribution in [0.4, 0.5) is 11.5 Å². The number of nitrogens with one attached hydrogen (secondary N) is 1. The number of hydrogen-bond donors (Lipinski definition) is 1. The average molecular weight is 447 g/mol. The van der Waals surface area contributed by atoms with Gasteiger partial charge in [-0.3, -0.25) is 9.59 Å². The van der Waals surface area contributed by atoms with Crippen molar-refractivity contribution >= 4 is 23.3 Å². The molecule has 0 radical (unpaired) electrons. The van der Waals surface area contributed by atoms with Gasteiger partial charge in [0.05, 0.1) is 17.3 Å². The highest BCUT2D eigenvalue weighted by atomic mass is 16.6. The number of aryl methyl sites for hydroxylation is 3. The van der Waals surface area contributed by atoms with Gasteiger partial charge >= 0.3 is 0 Å². The Morgan fingerprint density at radius 1 is 0.970 bits per heavy atom. The molecule has 1 aromatic heterocycles. The standard InChI is InChI=1S/C25H26N4O4/c1-15-8-16(2)10-20(9-15)29-23(11-17(3)27-29)26-25(31)18-12-24(30)28(14-18)19-4-5-21-22(13-19)33-7-6-32-21/h4-5,8-11,13,18H,6-7,12,14H2,1-3H3,(H,26,31). The summed E-state index contributed by atoms with van der Waals surface area (Å²) in [6.45, 7) is 7.24. The lowest BCUT2D eigenvalue weighted by Gasteiger charge is -2.22. The van der Waals surface area contributed by atoms with E-state index in [4.69, 9.17) is 9.47 Å². The van der Waals surface area contributed by atoms with Gasteiger partial charge in [0.2, 0.25) is 11.8 Å². The molecule has 5 rings (SSSR count). The van der Waals surface area contributed by atoms with Gasteiger partial charge in [0.15, 0.2) is 11.5 Å². The molecule has 1 unspecified atom stereocenters. The number of fused-ring (bicyclic) bond motifs is 1. The molecule has 3 aromatic rings. The van der Waals surface area contributed by atoms with Crippen LogP contribution in [0.15, 0.2) is 42.5 Å². The van der Waals surface area contributed by atoms with E-state index < -0.39 is 5.92 Å². The van der Waals surface area contributed by atoms with Crippen molar-refractivity contribution in [3.63, 3.8) is 0 Å². The van der Waals surface area contributed by atoms with Crippen molar-refractivity contribution in [2.75, 3.05) is 30.0 Å². The minimum absolute atomic E-state index is 0.0918. The molecule has 0 saturated carbocycles. The lowest BCUT2D eigenvalue weighted by atomic mass is 10.1. The monoisotopic (exact) mass is 446 g/mol. The van der Waals surface area contributed by atoms with Crippen molar-refractivity contribution in [2.24, 2.45) is 5.92 Å². The predicted octanol–water partition coefficient (Wildman–Crippen LogP) is 3.56. The molecule has 2 aromatic carbocycles. The molecule has 3 heterocycles. The van der Waals surface area contributed by atoms with Crippen molar-refractivity contribution < 1.29 is 19.1 Å². The zero-order valence-electron chi connectivity index (χ0n) is 18.9. The van der Waals surface area contributed by atoms with Crippen LogP contribution in [0.2, 0.25) is 0 Å². The van der Waals surface area contributed by atoms with Gasteiger partial charge in [-0.05, 0) is 56.2 Å². The van der Waals surface area contributed by atoms with Gasteiger partial charge in [-0.1, -0.05) is 6.07 Å². The van der Waals surface area contributed by atoms with Crippen LogP contribution in [0.25, 0.3) is 5.69 Å². The zero-order chi connectivity index (χ0) is 23.1. The maximum Gasteiger partial charge on any atom is 0.230 e. The van der Waals surface area contributed by atoms with Crippen molar-refractivity contribution in [2.45, 2.75) is 27.2 Å². The largest absolute Gasteiger partial charge is 0.486 e. The summed E-state index contributed by atoms with van der Waals surface area (Å²) in [7, 11) is 0. The molecule has 8 nitrogen and oxygen atoms in total. The van der Waals surface area contributed by atoms with Crippen LogP contribution in [0.3, 0.4) is 0 Å². The Balaban J connectivity index is 1.34. The third-order valence-corrected chi connectivity index (χ3v) is 5.87. The first-order valence-electron chi connectivity index (χ1n) is 11.0. The fourth-order valence-electron chi connectivity index (χ4n) is 4.42. The Kier molecular flexibility index (Phi) is 5.28. The molecular formula is C25H26N4O4. The zero-order valence-corrected chi connectivity index (χ0v) is 18.9. The van der Waals surface area contributed by atoms with Gasteiger partial charge in [0, 0.05) is 30.8 Å². The number of rotatable bonds is 4. The van der Waals surface area contributed by atoms with E-state index in [2.05, 4.69) is 16.5 Å². The minimum Gasteiger partial charge on any atom is -0.486 e. The van der Waals surface area contributed by atoms with E-state index in [1.165, 1.54) is 0 Å². The molecule has 8 heteroatoms. The molecule has 2 aliphatic rings. The molecule has 1 atom stereocenters. The number of hydrogen-bond acceptors (Lipinski definition) is 5. The highest BCUT2D eigenvalue weighted by Gasteiger charge is 2.36. The normalized spacial score (nSPS) is 17.4. The Bertz CT molecular complexity index is 1230. The molecule has 0 aliphatic carbocycles. The fraction of sp³-hybridized carbons (Fsp3) is 0.320. The fourth-order valence-corrected chi connectivity index (χ4v) is 4.42. The van der Waals surface area contributed by atoms with E-state index in [9.17, 15) is 9.59 Å². The summed E-state index contributed by atoms with van der Waals surface area (Å²) in [5.41, 5.74) is 4.62. The summed E-state index contributed by atoms with van der Waals surface area (Å²) < 4.78 is 12.9. The van der Waals surface area contributed by atoms with Crippen molar-refractivity contribution in [3.8, 4) is 17.2 Å². The first-order valence-corrected chi connectivity index (χ1v) is 11.0. The van der Waals surface area contributed by atoms with Gasteiger partial charge in [0.25, 0.3) is 0 Å². The van der Waals surface area contributed by atoms with E-state index in [1.54, 1.807) is 21.7 Å². The minimum atomic E-state index is -0.464. The van der Waals surface area contributed by atoms with E-state index in [-0.39, 0.29) is 18.2 Å². The Hall–Kier alpha value is -3.81. The lowest BCUT2D eigenvalue weighted by Crippen LogP contribution is -2.28. The molecule has 0 spiro atoms. The molecule has 0 bridgehead atoms. The number of carbonyl (C=O) groups excluding carboxylic acids is 2. The van der Waals surface area contributed by atoms with Gasteiger partial charge < -0.3 is 19.7 Å². The maximum absolute atomic E-state index is 13.1. The SMILES string of the molecule is Cc1cc(C)cc(-n2nc(C)cc2NC(=O)C2CC(=O)N(c3ccc4c(c3)OCCO4)C2)c1. The molecule has 2 amide bonds. The van der Waals surface area contributed by atoms with Crippen LogP contribution in [-0.2, 0) is 9.59 Å². The molecule has 1 fully saturated rings. The van der Waals surface area contributed by atoms with Crippen LogP contribution in [-0.4, -0.2) is 41.4 Å². The summed E-state index contributed by atoms with van der Waals surface area (Å²) in [5.74, 6) is 1.12. The molecular weight excluding hydrogens is 420 g/mol. The molecule has 170 valence electrons. The van der Waals surface area contributed by atoms with Crippen molar-refractivity contribution in [1.29, 1.82) is 0 Å². The van der Waals surface area contributed by atoms with Crippen molar-refractivity contribution in [1.82, 2.24) is 9.78 Å². The molecule has 1 N–H and O–H groups in total. The van der Waals surface area contributed by atoms with Crippen LogP contribution < -0.4 is 19.7 Å². The summed E-state index contributed by atoms with van der Waals surface area (Å²) >= 11 is 0. The third kappa shape index (κ3) is 4.16. The highest BCUT2D eigenvalue weighted by Crippen LogP contribution is 2.36. The maximum atomic E-state index is 13.1. The Morgan fingerprint density at radius 3 is 2.45 bits per heavy atom. The quantitative estimate of drug-likeness (QED) is 0.662. The second-order valence-electron chi connectivity index (χ2n) is 8.65. The van der Waals surface area contributed by atoms with E-state index in [0.29, 0.717) is 42.8 Å².